The molecule has 0 aliphatic rings. The smallest absolute Gasteiger partial charge is 0.326 e. The fourth-order valence-electron chi connectivity index (χ4n) is 6.01. The summed E-state index contributed by atoms with van der Waals surface area (Å²) in [5, 5.41) is 65.7. The Hall–Kier alpha value is -7.21. The Balaban J connectivity index is 6.65. The van der Waals surface area contributed by atoms with Gasteiger partial charge in [-0.2, -0.15) is 0 Å². The highest BCUT2D eigenvalue weighted by Gasteiger charge is 2.35. The van der Waals surface area contributed by atoms with Gasteiger partial charge < -0.3 is 91.0 Å². The van der Waals surface area contributed by atoms with E-state index in [9.17, 15) is 78.0 Å². The van der Waals surface area contributed by atoms with Crippen LogP contribution in [0.2, 0.25) is 0 Å². The van der Waals surface area contributed by atoms with Crippen LogP contribution >= 0.6 is 0 Å². The molecule has 30 nitrogen and oxygen atoms in total. The summed E-state index contributed by atoms with van der Waals surface area (Å²) in [7, 11) is 0. The van der Waals surface area contributed by atoms with E-state index in [0.717, 1.165) is 0 Å². The topological polar surface area (TPSA) is 519 Å². The number of rotatable bonds is 36. The van der Waals surface area contributed by atoms with Crippen LogP contribution in [0.3, 0.4) is 0 Å². The minimum Gasteiger partial charge on any atom is -0.481 e. The van der Waals surface area contributed by atoms with Crippen molar-refractivity contribution in [3.8, 4) is 0 Å². The van der Waals surface area contributed by atoms with Gasteiger partial charge >= 0.3 is 23.9 Å². The zero-order valence-electron chi connectivity index (χ0n) is 38.3. The van der Waals surface area contributed by atoms with Crippen LogP contribution in [0.15, 0.2) is 4.99 Å². The molecule has 0 saturated carbocycles. The average Bonchev–Trinajstić information content (AvgIpc) is 3.26. The van der Waals surface area contributed by atoms with Crippen LogP contribution < -0.4 is 65.5 Å². The van der Waals surface area contributed by atoms with Crippen molar-refractivity contribution in [2.24, 2.45) is 33.8 Å². The van der Waals surface area contributed by atoms with E-state index in [1.165, 1.54) is 0 Å². The number of aliphatic carboxylic acids is 4. The lowest BCUT2D eigenvalue weighted by atomic mass is 10.0. The Morgan fingerprint density at radius 2 is 0.928 bits per heavy atom. The lowest BCUT2D eigenvalue weighted by Crippen LogP contribution is -2.60. The fraction of sp³-hybridized carbons (Fsp3) is 0.667. The molecule has 7 atom stereocenters. The van der Waals surface area contributed by atoms with E-state index >= 15 is 0 Å². The predicted octanol–water partition coefficient (Wildman–Crippen LogP) is -7.04. The van der Waals surface area contributed by atoms with E-state index in [0.29, 0.717) is 6.42 Å². The molecule has 30 heteroatoms. The van der Waals surface area contributed by atoms with Crippen molar-refractivity contribution in [1.29, 1.82) is 0 Å². The monoisotopic (exact) mass is 989 g/mol. The maximum Gasteiger partial charge on any atom is 0.326 e. The number of hydrogen-bond donors (Lipinski definition) is 17. The average molecular weight is 990 g/mol. The largest absolute Gasteiger partial charge is 0.481 e. The highest BCUT2D eigenvalue weighted by Crippen LogP contribution is 2.10. The number of guanidine groups is 1. The first-order chi connectivity index (χ1) is 32.3. The maximum atomic E-state index is 13.8. The third-order valence-corrected chi connectivity index (χ3v) is 9.52. The van der Waals surface area contributed by atoms with Crippen molar-refractivity contribution < 1.29 is 83.1 Å². The van der Waals surface area contributed by atoms with Crippen LogP contribution in [0.5, 0.6) is 0 Å². The molecule has 0 fully saturated rings. The number of aliphatic hydroxyl groups is 1. The molecule has 8 amide bonds. The predicted molar refractivity (Wildman–Crippen MR) is 239 cm³/mol. The zero-order chi connectivity index (χ0) is 52.8. The second kappa shape index (κ2) is 33.3. The molecule has 0 aromatic heterocycles. The number of unbranched alkanes of at least 4 members (excludes halogenated alkanes) is 1. The van der Waals surface area contributed by atoms with Gasteiger partial charge in [0.05, 0.1) is 26.1 Å². The van der Waals surface area contributed by atoms with Crippen LogP contribution in [0.4, 0.5) is 0 Å². The van der Waals surface area contributed by atoms with Crippen molar-refractivity contribution >= 4 is 77.1 Å². The first-order valence-electron chi connectivity index (χ1n) is 21.7. The standard InChI is InChI=1S/C39H67N13O17/c1-19(2)14-25(38(68)69)51-35(65)23(9-11-30(58)59)49-32(62)20(6-3-4-12-40)47-36(66)24(15-31(60)61)50-33(63)21(7-5-13-44-39(42)43)48-37(67)26(18-53)52-34(64)22(8-10-29(56)57)46-28(55)17-45-27(54)16-41/h19-26,53H,3-18,40-41H2,1-2H3,(H,45,54)(H,46,55)(H,47,66)(H,48,67)(H,49,62)(H,50,63)(H,51,65)(H,52,64)(H,56,57)(H,58,59)(H,60,61)(H,68,69)(H4,42,43,44). The summed E-state index contributed by atoms with van der Waals surface area (Å²) in [4.78, 5) is 155. The molecule has 0 spiro atoms. The molecular formula is C39H67N13O17. The number of amides is 8. The maximum absolute atomic E-state index is 13.8. The molecular weight excluding hydrogens is 923 g/mol. The Bertz CT molecular complexity index is 1830. The number of aliphatic hydroxyl groups excluding tert-OH is 1. The van der Waals surface area contributed by atoms with Gasteiger partial charge in [-0.05, 0) is 63.8 Å². The van der Waals surface area contributed by atoms with Crippen LogP contribution in [-0.4, -0.2) is 178 Å². The minimum absolute atomic E-state index is 0.0215. The summed E-state index contributed by atoms with van der Waals surface area (Å²) in [5.41, 5.74) is 21.5. The van der Waals surface area contributed by atoms with E-state index in [2.05, 4.69) is 47.5 Å². The summed E-state index contributed by atoms with van der Waals surface area (Å²) >= 11 is 0. The molecule has 0 radical (unpaired) electrons. The molecule has 21 N–H and O–H groups in total. The molecule has 0 aromatic carbocycles. The Morgan fingerprint density at radius 1 is 0.507 bits per heavy atom. The molecule has 7 unspecified atom stereocenters. The molecule has 0 rings (SSSR count). The SMILES string of the molecule is CC(C)CC(NC(=O)C(CCC(=O)O)NC(=O)C(CCCCN)NC(=O)C(CC(=O)O)NC(=O)C(CCCN=C(N)N)NC(=O)C(CO)NC(=O)C(CCC(=O)O)NC(=O)CNC(=O)CN)C(=O)O. The first-order valence-corrected chi connectivity index (χ1v) is 21.7. The van der Waals surface area contributed by atoms with Crippen LogP contribution in [-0.2, 0) is 57.5 Å². The van der Waals surface area contributed by atoms with Crippen LogP contribution in [0.1, 0.15) is 84.5 Å². The van der Waals surface area contributed by atoms with Gasteiger partial charge in [0, 0.05) is 19.4 Å². The third-order valence-electron chi connectivity index (χ3n) is 9.52. The quantitative estimate of drug-likeness (QED) is 0.0158. The van der Waals surface area contributed by atoms with Crippen molar-refractivity contribution in [2.45, 2.75) is 127 Å². The minimum atomic E-state index is -1.99. The Morgan fingerprint density at radius 3 is 1.35 bits per heavy atom. The summed E-state index contributed by atoms with van der Waals surface area (Å²) < 4.78 is 0. The van der Waals surface area contributed by atoms with Crippen molar-refractivity contribution in [1.82, 2.24) is 42.5 Å². The van der Waals surface area contributed by atoms with Crippen LogP contribution in [0, 0.1) is 5.92 Å². The van der Waals surface area contributed by atoms with Gasteiger partial charge in [-0.15, -0.1) is 0 Å². The molecule has 0 heterocycles. The van der Waals surface area contributed by atoms with Crippen molar-refractivity contribution in [3.63, 3.8) is 0 Å². The van der Waals surface area contributed by atoms with E-state index in [1.807, 2.05) is 0 Å². The normalized spacial score (nSPS) is 13.8. The lowest BCUT2D eigenvalue weighted by molar-refractivity contribution is -0.143. The Kier molecular flexibility index (Phi) is 29.8. The summed E-state index contributed by atoms with van der Waals surface area (Å²) in [6.45, 7) is 1.10. The number of aliphatic imine (C=N–C) groups is 1. The number of nitrogens with two attached hydrogens (primary N) is 4. The number of carbonyl (C=O) groups excluding carboxylic acids is 8. The number of carboxylic acid groups (broad SMARTS) is 4. The van der Waals surface area contributed by atoms with Gasteiger partial charge in [0.25, 0.3) is 0 Å². The summed E-state index contributed by atoms with van der Waals surface area (Å²) in [5.74, 6) is -15.0. The number of hydrogen-bond acceptors (Lipinski definition) is 16. The molecule has 69 heavy (non-hydrogen) atoms. The van der Waals surface area contributed by atoms with Gasteiger partial charge in [-0.3, -0.25) is 57.7 Å². The van der Waals surface area contributed by atoms with Gasteiger partial charge in [-0.1, -0.05) is 13.8 Å². The number of nitrogens with zero attached hydrogens (tertiary/aromatic N) is 1. The molecule has 0 bridgehead atoms. The van der Waals surface area contributed by atoms with Crippen molar-refractivity contribution in [3.05, 3.63) is 0 Å². The fourth-order valence-corrected chi connectivity index (χ4v) is 6.01. The molecule has 0 aliphatic heterocycles. The van der Waals surface area contributed by atoms with Crippen LogP contribution in [0.25, 0.3) is 0 Å². The summed E-state index contributed by atoms with van der Waals surface area (Å²) in [6, 6.07) is -11.8. The highest BCUT2D eigenvalue weighted by atomic mass is 16.4. The van der Waals surface area contributed by atoms with E-state index < -0.39 is 165 Å². The molecule has 0 aliphatic carbocycles. The van der Waals surface area contributed by atoms with E-state index in [4.69, 9.17) is 28.0 Å². The molecule has 0 saturated heterocycles. The highest BCUT2D eigenvalue weighted by molar-refractivity contribution is 5.98. The number of carboxylic acids is 4. The Labute approximate surface area is 395 Å². The van der Waals surface area contributed by atoms with Gasteiger partial charge in [0.15, 0.2) is 5.96 Å². The lowest BCUT2D eigenvalue weighted by Gasteiger charge is -2.27. The summed E-state index contributed by atoms with van der Waals surface area (Å²) in [6.07, 6.45) is -3.62. The van der Waals surface area contributed by atoms with Crippen molar-refractivity contribution in [2.75, 3.05) is 32.8 Å². The molecule has 0 aromatic rings. The number of carbonyl (C=O) groups is 12. The zero-order valence-corrected chi connectivity index (χ0v) is 38.3. The number of nitrogens with one attached hydrogen (secondary N) is 8. The molecule has 390 valence electrons. The van der Waals surface area contributed by atoms with Gasteiger partial charge in [-0.25, -0.2) is 4.79 Å². The second-order valence-corrected chi connectivity index (χ2v) is 15.8. The second-order valence-electron chi connectivity index (χ2n) is 15.8. The van der Waals surface area contributed by atoms with E-state index in [-0.39, 0.29) is 57.1 Å². The van der Waals surface area contributed by atoms with E-state index in [1.54, 1.807) is 13.8 Å². The third kappa shape index (κ3) is 27.3. The van der Waals surface area contributed by atoms with Gasteiger partial charge in [0.2, 0.25) is 47.3 Å². The first kappa shape index (κ1) is 61.8. The van der Waals surface area contributed by atoms with Gasteiger partial charge in [0.1, 0.15) is 42.3 Å².